The number of aromatic nitrogens is 1. The van der Waals surface area contributed by atoms with E-state index in [4.69, 9.17) is 8.92 Å². The van der Waals surface area contributed by atoms with Crippen molar-refractivity contribution in [2.45, 2.75) is 18.4 Å². The quantitative estimate of drug-likeness (QED) is 0.209. The van der Waals surface area contributed by atoms with Gasteiger partial charge in [-0.2, -0.15) is 13.5 Å². The molecule has 1 aromatic heterocycles. The summed E-state index contributed by atoms with van der Waals surface area (Å²) in [4.78, 5) is 4.56. The number of ether oxygens (including phenoxy) is 1. The summed E-state index contributed by atoms with van der Waals surface area (Å²) in [5.41, 5.74) is 2.68. The molecule has 0 atom stereocenters. The van der Waals surface area contributed by atoms with Crippen LogP contribution in [0.4, 0.5) is 5.13 Å². The molecule has 0 spiro atoms. The van der Waals surface area contributed by atoms with Crippen molar-refractivity contribution < 1.29 is 17.3 Å². The van der Waals surface area contributed by atoms with Crippen LogP contribution in [0.3, 0.4) is 0 Å². The van der Waals surface area contributed by atoms with E-state index in [9.17, 15) is 8.42 Å². The molecule has 3 aromatic carbocycles. The predicted molar refractivity (Wildman–Crippen MR) is 128 cm³/mol. The van der Waals surface area contributed by atoms with Gasteiger partial charge >= 0.3 is 10.1 Å². The van der Waals surface area contributed by atoms with Gasteiger partial charge in [-0.25, -0.2) is 4.98 Å². The first kappa shape index (κ1) is 22.6. The van der Waals surface area contributed by atoms with Gasteiger partial charge in [0.2, 0.25) is 5.13 Å². The SMILES string of the molecule is CCOc1cc(CN=Nc2nc(-c3ccccc3)cs2)ccc1OS(=O)(=O)c1ccccc1. The van der Waals surface area contributed by atoms with E-state index in [1.54, 1.807) is 36.4 Å². The second-order valence-corrected chi connectivity index (χ2v) is 9.23. The highest BCUT2D eigenvalue weighted by molar-refractivity contribution is 7.87. The number of hydrogen-bond acceptors (Lipinski definition) is 8. The maximum atomic E-state index is 12.6. The van der Waals surface area contributed by atoms with Gasteiger partial charge in [-0.3, -0.25) is 0 Å². The highest BCUT2D eigenvalue weighted by atomic mass is 32.2. The molecule has 168 valence electrons. The molecule has 0 unspecified atom stereocenters. The number of thiazole rings is 1. The Labute approximate surface area is 196 Å². The maximum absolute atomic E-state index is 12.6. The van der Waals surface area contributed by atoms with Crippen molar-refractivity contribution in [1.29, 1.82) is 0 Å². The number of hydrogen-bond donors (Lipinski definition) is 0. The van der Waals surface area contributed by atoms with E-state index in [0.29, 0.717) is 17.5 Å². The van der Waals surface area contributed by atoms with Gasteiger partial charge in [0.05, 0.1) is 18.8 Å². The fourth-order valence-corrected chi connectivity index (χ4v) is 4.59. The predicted octanol–water partition coefficient (Wildman–Crippen LogP) is 6.26. The van der Waals surface area contributed by atoms with E-state index >= 15 is 0 Å². The van der Waals surface area contributed by atoms with Crippen molar-refractivity contribution in [2.75, 3.05) is 6.61 Å². The van der Waals surface area contributed by atoms with Gasteiger partial charge in [0.25, 0.3) is 0 Å². The van der Waals surface area contributed by atoms with Crippen LogP contribution in [0.5, 0.6) is 11.5 Å². The van der Waals surface area contributed by atoms with Crippen LogP contribution in [0.1, 0.15) is 12.5 Å². The standard InChI is InChI=1S/C24H21N3O4S2/c1-2-30-23-15-18(13-14-22(23)31-33(28,29)20-11-7-4-8-12-20)16-25-27-24-26-21(17-32-24)19-9-5-3-6-10-19/h3-15,17H,2,16H2,1H3. The van der Waals surface area contributed by atoms with Gasteiger partial charge in [-0.05, 0) is 36.8 Å². The Kier molecular flexibility index (Phi) is 7.11. The molecular weight excluding hydrogens is 458 g/mol. The molecule has 0 aliphatic rings. The summed E-state index contributed by atoms with van der Waals surface area (Å²) in [5, 5.41) is 10.9. The maximum Gasteiger partial charge on any atom is 0.339 e. The summed E-state index contributed by atoms with van der Waals surface area (Å²) >= 11 is 1.41. The van der Waals surface area contributed by atoms with E-state index < -0.39 is 10.1 Å². The third-order valence-electron chi connectivity index (χ3n) is 4.51. The Balaban J connectivity index is 1.47. The average molecular weight is 480 g/mol. The highest BCUT2D eigenvalue weighted by Crippen LogP contribution is 2.32. The average Bonchev–Trinajstić information content (AvgIpc) is 3.31. The van der Waals surface area contributed by atoms with Crippen LogP contribution < -0.4 is 8.92 Å². The van der Waals surface area contributed by atoms with Gasteiger partial charge < -0.3 is 8.92 Å². The van der Waals surface area contributed by atoms with Crippen LogP contribution in [0.2, 0.25) is 0 Å². The van der Waals surface area contributed by atoms with Gasteiger partial charge in [-0.15, -0.1) is 16.5 Å². The Bertz CT molecular complexity index is 1340. The van der Waals surface area contributed by atoms with Crippen molar-refractivity contribution >= 4 is 26.6 Å². The summed E-state index contributed by atoms with van der Waals surface area (Å²) in [5.74, 6) is 0.444. The number of benzene rings is 3. The van der Waals surface area contributed by atoms with Crippen molar-refractivity contribution in [3.05, 3.63) is 89.8 Å². The molecule has 0 fully saturated rings. The molecule has 33 heavy (non-hydrogen) atoms. The van der Waals surface area contributed by atoms with Crippen LogP contribution in [0.25, 0.3) is 11.3 Å². The van der Waals surface area contributed by atoms with Gasteiger partial charge in [-0.1, -0.05) is 54.6 Å². The molecule has 4 rings (SSSR count). The first-order valence-corrected chi connectivity index (χ1v) is 12.5. The van der Waals surface area contributed by atoms with Crippen LogP contribution >= 0.6 is 11.3 Å². The molecule has 0 saturated carbocycles. The lowest BCUT2D eigenvalue weighted by atomic mass is 10.2. The molecule has 4 aromatic rings. The minimum atomic E-state index is -3.97. The lowest BCUT2D eigenvalue weighted by Gasteiger charge is -2.12. The first-order chi connectivity index (χ1) is 16.0. The smallest absolute Gasteiger partial charge is 0.339 e. The highest BCUT2D eigenvalue weighted by Gasteiger charge is 2.19. The number of azo groups is 1. The van der Waals surface area contributed by atoms with Crippen LogP contribution in [-0.2, 0) is 16.7 Å². The molecule has 0 aliphatic heterocycles. The monoisotopic (exact) mass is 479 g/mol. The molecule has 0 bridgehead atoms. The van der Waals surface area contributed by atoms with E-state index in [1.807, 2.05) is 42.6 Å². The van der Waals surface area contributed by atoms with Crippen LogP contribution in [0.15, 0.2) is 99.4 Å². The Morgan fingerprint density at radius 2 is 1.67 bits per heavy atom. The first-order valence-electron chi connectivity index (χ1n) is 10.2. The van der Waals surface area contributed by atoms with E-state index in [0.717, 1.165) is 16.8 Å². The largest absolute Gasteiger partial charge is 0.490 e. The lowest BCUT2D eigenvalue weighted by molar-refractivity contribution is 0.327. The summed E-state index contributed by atoms with van der Waals surface area (Å²) < 4.78 is 36.1. The minimum absolute atomic E-state index is 0.0728. The Morgan fingerprint density at radius 1 is 0.939 bits per heavy atom. The van der Waals surface area contributed by atoms with Crippen molar-refractivity contribution in [3.8, 4) is 22.8 Å². The third kappa shape index (κ3) is 5.82. The van der Waals surface area contributed by atoms with E-state index in [2.05, 4.69) is 15.2 Å². The topological polar surface area (TPSA) is 90.2 Å². The lowest BCUT2D eigenvalue weighted by Crippen LogP contribution is -2.10. The molecule has 0 N–H and O–H groups in total. The molecule has 0 aliphatic carbocycles. The van der Waals surface area contributed by atoms with Crippen molar-refractivity contribution in [1.82, 2.24) is 4.98 Å². The van der Waals surface area contributed by atoms with E-state index in [-0.39, 0.29) is 17.2 Å². The second-order valence-electron chi connectivity index (χ2n) is 6.85. The van der Waals surface area contributed by atoms with Gasteiger partial charge in [0.1, 0.15) is 4.90 Å². The zero-order valence-electron chi connectivity index (χ0n) is 17.8. The fourth-order valence-electron chi connectivity index (χ4n) is 2.97. The minimum Gasteiger partial charge on any atom is -0.490 e. The van der Waals surface area contributed by atoms with Crippen LogP contribution in [-0.4, -0.2) is 20.0 Å². The summed E-state index contributed by atoms with van der Waals surface area (Å²) in [6.07, 6.45) is 0. The zero-order valence-corrected chi connectivity index (χ0v) is 19.4. The molecule has 0 radical (unpaired) electrons. The molecule has 0 saturated heterocycles. The van der Waals surface area contributed by atoms with Crippen LogP contribution in [0, 0.1) is 0 Å². The Morgan fingerprint density at radius 3 is 2.39 bits per heavy atom. The second kappa shape index (κ2) is 10.4. The molecule has 1 heterocycles. The summed E-state index contributed by atoms with van der Waals surface area (Å²) in [6.45, 7) is 2.45. The normalized spacial score (nSPS) is 11.5. The number of nitrogens with zero attached hydrogens (tertiary/aromatic N) is 3. The zero-order chi connectivity index (χ0) is 23.1. The number of rotatable bonds is 9. The van der Waals surface area contributed by atoms with Gasteiger partial charge in [0, 0.05) is 10.9 Å². The fraction of sp³-hybridized carbons (Fsp3) is 0.125. The van der Waals surface area contributed by atoms with E-state index in [1.165, 1.54) is 23.5 Å². The molecular formula is C24H21N3O4S2. The summed E-state index contributed by atoms with van der Waals surface area (Å²) in [6, 6.07) is 22.8. The molecule has 9 heteroatoms. The van der Waals surface area contributed by atoms with Crippen molar-refractivity contribution in [3.63, 3.8) is 0 Å². The molecule has 0 amide bonds. The van der Waals surface area contributed by atoms with Gasteiger partial charge in [0.15, 0.2) is 11.5 Å². The molecule has 7 nitrogen and oxygen atoms in total. The summed E-state index contributed by atoms with van der Waals surface area (Å²) in [7, 11) is -3.97. The van der Waals surface area contributed by atoms with Crippen molar-refractivity contribution in [2.24, 2.45) is 10.2 Å². The Hall–Kier alpha value is -3.56. The third-order valence-corrected chi connectivity index (χ3v) is 6.48.